The molecule has 0 saturated carbocycles. The summed E-state index contributed by atoms with van der Waals surface area (Å²) in [6.45, 7) is 3.78. The third-order valence-corrected chi connectivity index (χ3v) is 4.59. The fourth-order valence-corrected chi connectivity index (χ4v) is 3.44. The third kappa shape index (κ3) is 4.47. The maximum atomic E-state index is 12.3. The number of rotatable bonds is 6. The number of benzene rings is 1. The minimum absolute atomic E-state index is 0.0562. The van der Waals surface area contributed by atoms with Gasteiger partial charge in [-0.05, 0) is 24.5 Å². The van der Waals surface area contributed by atoms with Crippen molar-refractivity contribution in [2.45, 2.75) is 31.2 Å². The molecule has 0 amide bonds. The predicted octanol–water partition coefficient (Wildman–Crippen LogP) is 2.21. The van der Waals surface area contributed by atoms with Crippen LogP contribution >= 0.6 is 11.6 Å². The zero-order valence-corrected chi connectivity index (χ0v) is 13.2. The Balaban J connectivity index is 3.03. The van der Waals surface area contributed by atoms with Gasteiger partial charge in [-0.2, -0.15) is 4.72 Å². The molecule has 0 heterocycles. The molecule has 7 heteroatoms. The standard InChI is InChI=1S/C13H18ClNO4S/c1-9(2)8-11(13(16)19-3)15-20(17,18)12-7-5-4-6-10(12)14/h4-7,9,11,15H,8H2,1-3H3/t11-/m1/s1. The highest BCUT2D eigenvalue weighted by atomic mass is 35.5. The number of carbonyl (C=O) groups is 1. The number of sulfonamides is 1. The zero-order valence-electron chi connectivity index (χ0n) is 11.6. The molecule has 0 aromatic heterocycles. The van der Waals surface area contributed by atoms with Crippen molar-refractivity contribution in [3.05, 3.63) is 29.3 Å². The number of esters is 1. The van der Waals surface area contributed by atoms with Crippen LogP contribution in [0.2, 0.25) is 5.02 Å². The lowest BCUT2D eigenvalue weighted by atomic mass is 10.1. The van der Waals surface area contributed by atoms with Crippen molar-refractivity contribution in [3.63, 3.8) is 0 Å². The number of ether oxygens (including phenoxy) is 1. The highest BCUT2D eigenvalue weighted by Crippen LogP contribution is 2.21. The summed E-state index contributed by atoms with van der Waals surface area (Å²) in [4.78, 5) is 11.6. The second kappa shape index (κ2) is 7.06. The van der Waals surface area contributed by atoms with Gasteiger partial charge in [0.05, 0.1) is 12.1 Å². The number of hydrogen-bond acceptors (Lipinski definition) is 4. The van der Waals surface area contributed by atoms with E-state index in [9.17, 15) is 13.2 Å². The molecule has 0 unspecified atom stereocenters. The maximum Gasteiger partial charge on any atom is 0.323 e. The van der Waals surface area contributed by atoms with Crippen LogP contribution in [0.1, 0.15) is 20.3 Å². The first-order chi connectivity index (χ1) is 9.27. The topological polar surface area (TPSA) is 72.5 Å². The molecule has 1 rings (SSSR count). The Morgan fingerprint density at radius 2 is 1.95 bits per heavy atom. The largest absolute Gasteiger partial charge is 0.468 e. The van der Waals surface area contributed by atoms with E-state index in [1.165, 1.54) is 19.2 Å². The number of carbonyl (C=O) groups excluding carboxylic acids is 1. The van der Waals surface area contributed by atoms with Gasteiger partial charge in [0, 0.05) is 0 Å². The van der Waals surface area contributed by atoms with Crippen molar-refractivity contribution in [1.82, 2.24) is 4.72 Å². The Morgan fingerprint density at radius 3 is 2.45 bits per heavy atom. The van der Waals surface area contributed by atoms with Crippen molar-refractivity contribution in [3.8, 4) is 0 Å². The molecular weight excluding hydrogens is 302 g/mol. The highest BCUT2D eigenvalue weighted by molar-refractivity contribution is 7.89. The highest BCUT2D eigenvalue weighted by Gasteiger charge is 2.28. The van der Waals surface area contributed by atoms with Crippen LogP contribution in [-0.4, -0.2) is 27.5 Å². The van der Waals surface area contributed by atoms with Crippen molar-refractivity contribution < 1.29 is 17.9 Å². The summed E-state index contributed by atoms with van der Waals surface area (Å²) in [7, 11) is -2.65. The Kier molecular flexibility index (Phi) is 5.98. The van der Waals surface area contributed by atoms with Gasteiger partial charge in [-0.1, -0.05) is 37.6 Å². The first-order valence-electron chi connectivity index (χ1n) is 6.12. The van der Waals surface area contributed by atoms with Crippen LogP contribution in [0.4, 0.5) is 0 Å². The van der Waals surface area contributed by atoms with Crippen molar-refractivity contribution >= 4 is 27.6 Å². The Bertz CT molecular complexity index is 571. The van der Waals surface area contributed by atoms with E-state index in [0.717, 1.165) is 0 Å². The van der Waals surface area contributed by atoms with Crippen LogP contribution in [0.25, 0.3) is 0 Å². The summed E-state index contributed by atoms with van der Waals surface area (Å²) in [5.74, 6) is -0.484. The van der Waals surface area contributed by atoms with Gasteiger partial charge in [0.15, 0.2) is 0 Å². The number of hydrogen-bond donors (Lipinski definition) is 1. The lowest BCUT2D eigenvalue weighted by Crippen LogP contribution is -2.42. The average Bonchev–Trinajstić information content (AvgIpc) is 2.36. The first kappa shape index (κ1) is 16.9. The molecule has 0 saturated heterocycles. The number of halogens is 1. The van der Waals surface area contributed by atoms with Gasteiger partial charge in [-0.15, -0.1) is 0 Å². The second-order valence-corrected chi connectivity index (χ2v) is 6.85. The summed E-state index contributed by atoms with van der Waals surface area (Å²) < 4.78 is 31.5. The predicted molar refractivity (Wildman–Crippen MR) is 77.0 cm³/mol. The molecule has 1 atom stereocenters. The summed E-state index contributed by atoms with van der Waals surface area (Å²) in [6.07, 6.45) is 0.344. The molecule has 1 aromatic carbocycles. The van der Waals surface area contributed by atoms with E-state index in [2.05, 4.69) is 9.46 Å². The van der Waals surface area contributed by atoms with E-state index in [1.807, 2.05) is 13.8 Å². The van der Waals surface area contributed by atoms with E-state index < -0.39 is 22.0 Å². The molecule has 5 nitrogen and oxygen atoms in total. The van der Waals surface area contributed by atoms with Gasteiger partial charge in [0.2, 0.25) is 10.0 Å². The summed E-state index contributed by atoms with van der Waals surface area (Å²) in [6, 6.07) is 5.13. The van der Waals surface area contributed by atoms with Crippen molar-refractivity contribution in [2.24, 2.45) is 5.92 Å². The van der Waals surface area contributed by atoms with Crippen LogP contribution in [0.5, 0.6) is 0 Å². The smallest absolute Gasteiger partial charge is 0.323 e. The van der Waals surface area contributed by atoms with Gasteiger partial charge in [-0.25, -0.2) is 8.42 Å². The van der Waals surface area contributed by atoms with Crippen molar-refractivity contribution in [1.29, 1.82) is 0 Å². The molecule has 1 N–H and O–H groups in total. The lowest BCUT2D eigenvalue weighted by Gasteiger charge is -2.18. The van der Waals surface area contributed by atoms with Crippen LogP contribution in [0.3, 0.4) is 0 Å². The van der Waals surface area contributed by atoms with Crippen LogP contribution in [-0.2, 0) is 19.6 Å². The van der Waals surface area contributed by atoms with Crippen LogP contribution in [0, 0.1) is 5.92 Å². The average molecular weight is 320 g/mol. The van der Waals surface area contributed by atoms with Gasteiger partial charge in [0.1, 0.15) is 10.9 Å². The summed E-state index contributed by atoms with van der Waals surface area (Å²) in [5.41, 5.74) is 0. The summed E-state index contributed by atoms with van der Waals surface area (Å²) >= 11 is 5.88. The van der Waals surface area contributed by atoms with Crippen molar-refractivity contribution in [2.75, 3.05) is 7.11 Å². The number of nitrogens with one attached hydrogen (secondary N) is 1. The van der Waals surface area contributed by atoms with Gasteiger partial charge >= 0.3 is 5.97 Å². The van der Waals surface area contributed by atoms with Crippen LogP contribution in [0.15, 0.2) is 29.2 Å². The van der Waals surface area contributed by atoms with E-state index in [0.29, 0.717) is 6.42 Å². The molecular formula is C13H18ClNO4S. The fraction of sp³-hybridized carbons (Fsp3) is 0.462. The molecule has 0 fully saturated rings. The van der Waals surface area contributed by atoms with E-state index in [-0.39, 0.29) is 15.8 Å². The van der Waals surface area contributed by atoms with E-state index >= 15 is 0 Å². The van der Waals surface area contributed by atoms with E-state index in [4.69, 9.17) is 11.6 Å². The van der Waals surface area contributed by atoms with Gasteiger partial charge in [0.25, 0.3) is 0 Å². The molecule has 0 aliphatic carbocycles. The quantitative estimate of drug-likeness (QED) is 0.816. The Hall–Kier alpha value is -1.11. The summed E-state index contributed by atoms with van der Waals surface area (Å²) in [5, 5.41) is 0.105. The van der Waals surface area contributed by atoms with Gasteiger partial charge in [-0.3, -0.25) is 4.79 Å². The maximum absolute atomic E-state index is 12.3. The minimum Gasteiger partial charge on any atom is -0.468 e. The molecule has 0 aliphatic rings. The van der Waals surface area contributed by atoms with E-state index in [1.54, 1.807) is 12.1 Å². The lowest BCUT2D eigenvalue weighted by molar-refractivity contribution is -0.143. The molecule has 20 heavy (non-hydrogen) atoms. The fourth-order valence-electron chi connectivity index (χ4n) is 1.72. The Morgan fingerprint density at radius 1 is 1.35 bits per heavy atom. The zero-order chi connectivity index (χ0) is 15.3. The Labute approximate surface area is 124 Å². The minimum atomic E-state index is -3.87. The molecule has 0 aliphatic heterocycles. The monoisotopic (exact) mass is 319 g/mol. The van der Waals surface area contributed by atoms with Gasteiger partial charge < -0.3 is 4.74 Å². The second-order valence-electron chi connectivity index (χ2n) is 4.76. The molecule has 0 bridgehead atoms. The molecule has 112 valence electrons. The molecule has 0 spiro atoms. The normalized spacial score (nSPS) is 13.2. The first-order valence-corrected chi connectivity index (χ1v) is 7.98. The molecule has 0 radical (unpaired) electrons. The molecule has 1 aromatic rings. The van der Waals surface area contributed by atoms with Crippen LogP contribution < -0.4 is 4.72 Å². The third-order valence-electron chi connectivity index (χ3n) is 2.62. The SMILES string of the molecule is COC(=O)[C@@H](CC(C)C)NS(=O)(=O)c1ccccc1Cl. The number of methoxy groups -OCH3 is 1.